The Labute approximate surface area is 167 Å². The second-order valence-corrected chi connectivity index (χ2v) is 9.60. The maximum atomic E-state index is 13.0. The van der Waals surface area contributed by atoms with E-state index in [-0.39, 0.29) is 37.0 Å². The molecule has 0 fully saturated rings. The molecule has 1 aromatic carbocycles. The minimum atomic E-state index is -3.43. The number of anilines is 1. The van der Waals surface area contributed by atoms with E-state index in [2.05, 4.69) is 4.72 Å². The fraction of sp³-hybridized carbons (Fsp3) is 0.632. The molecule has 1 aliphatic rings. The van der Waals surface area contributed by atoms with Gasteiger partial charge in [0.2, 0.25) is 15.9 Å². The van der Waals surface area contributed by atoms with Crippen LogP contribution in [-0.4, -0.2) is 81.4 Å². The van der Waals surface area contributed by atoms with Crippen LogP contribution in [0.25, 0.3) is 0 Å². The molecule has 0 saturated carbocycles. The molecule has 1 aromatic rings. The SMILES string of the molecule is C[C@H](CO)N1C[C@H](C)[C@@H](CN(C)C)Oc2ccc(NS(C)(=O)=O)cc2CC1=O. The lowest BCUT2D eigenvalue weighted by atomic mass is 10.0. The van der Waals surface area contributed by atoms with Crippen LogP contribution in [0.3, 0.4) is 0 Å². The van der Waals surface area contributed by atoms with Gasteiger partial charge in [-0.1, -0.05) is 6.92 Å². The molecular formula is C19H31N3O5S. The van der Waals surface area contributed by atoms with Gasteiger partial charge in [-0.15, -0.1) is 0 Å². The lowest BCUT2D eigenvalue weighted by Gasteiger charge is -2.33. The summed E-state index contributed by atoms with van der Waals surface area (Å²) in [4.78, 5) is 16.7. The number of hydrogen-bond donors (Lipinski definition) is 2. The standard InChI is InChI=1S/C19H31N3O5S/c1-13-10-22(14(2)12-23)19(24)9-15-8-16(20-28(5,25)26)6-7-17(15)27-18(13)11-21(3)4/h6-8,13-14,18,20,23H,9-12H2,1-5H3/t13-,14+,18+/m0/s1. The Hall–Kier alpha value is -1.84. The molecule has 0 radical (unpaired) electrons. The minimum Gasteiger partial charge on any atom is -0.488 e. The predicted octanol–water partition coefficient (Wildman–Crippen LogP) is 0.769. The van der Waals surface area contributed by atoms with Crippen molar-refractivity contribution in [3.05, 3.63) is 23.8 Å². The lowest BCUT2D eigenvalue weighted by molar-refractivity contribution is -0.134. The monoisotopic (exact) mass is 413 g/mol. The Morgan fingerprint density at radius 2 is 2.07 bits per heavy atom. The molecule has 0 spiro atoms. The summed E-state index contributed by atoms with van der Waals surface area (Å²) >= 11 is 0. The van der Waals surface area contributed by atoms with E-state index >= 15 is 0 Å². The number of carbonyl (C=O) groups is 1. The molecule has 2 rings (SSSR count). The highest BCUT2D eigenvalue weighted by Crippen LogP contribution is 2.29. The first-order valence-corrected chi connectivity index (χ1v) is 11.2. The summed E-state index contributed by atoms with van der Waals surface area (Å²) in [5.41, 5.74) is 1.00. The second-order valence-electron chi connectivity index (χ2n) is 7.85. The van der Waals surface area contributed by atoms with E-state index in [0.29, 0.717) is 30.1 Å². The zero-order chi connectivity index (χ0) is 21.1. The third kappa shape index (κ3) is 6.08. The summed E-state index contributed by atoms with van der Waals surface area (Å²) in [6.07, 6.45) is 0.984. The molecule has 1 heterocycles. The van der Waals surface area contributed by atoms with E-state index in [0.717, 1.165) is 6.26 Å². The second kappa shape index (κ2) is 9.11. The molecule has 3 atom stereocenters. The Kier molecular flexibility index (Phi) is 7.30. The van der Waals surface area contributed by atoms with Crippen LogP contribution in [0.15, 0.2) is 18.2 Å². The molecule has 9 heteroatoms. The van der Waals surface area contributed by atoms with Gasteiger partial charge in [-0.2, -0.15) is 0 Å². The van der Waals surface area contributed by atoms with Crippen LogP contribution < -0.4 is 9.46 Å². The zero-order valence-electron chi connectivity index (χ0n) is 17.2. The van der Waals surface area contributed by atoms with Gasteiger partial charge in [0, 0.05) is 30.3 Å². The number of aliphatic hydroxyl groups is 1. The van der Waals surface area contributed by atoms with E-state index in [4.69, 9.17) is 4.74 Å². The summed E-state index contributed by atoms with van der Waals surface area (Å²) in [5, 5.41) is 9.59. The topological polar surface area (TPSA) is 99.2 Å². The quantitative estimate of drug-likeness (QED) is 0.715. The molecule has 0 bridgehead atoms. The van der Waals surface area contributed by atoms with Crippen LogP contribution >= 0.6 is 0 Å². The van der Waals surface area contributed by atoms with Crippen molar-refractivity contribution in [3.8, 4) is 5.75 Å². The van der Waals surface area contributed by atoms with Gasteiger partial charge >= 0.3 is 0 Å². The number of nitrogens with one attached hydrogen (secondary N) is 1. The van der Waals surface area contributed by atoms with Crippen LogP contribution in [0, 0.1) is 5.92 Å². The number of ether oxygens (including phenoxy) is 1. The van der Waals surface area contributed by atoms with Crippen molar-refractivity contribution in [3.63, 3.8) is 0 Å². The van der Waals surface area contributed by atoms with Gasteiger partial charge in [-0.05, 0) is 39.2 Å². The fourth-order valence-electron chi connectivity index (χ4n) is 3.28. The molecule has 0 aromatic heterocycles. The first-order chi connectivity index (χ1) is 13.0. The number of aliphatic hydroxyl groups excluding tert-OH is 1. The number of sulfonamides is 1. The average Bonchev–Trinajstić information content (AvgIpc) is 2.62. The fourth-order valence-corrected chi connectivity index (χ4v) is 3.84. The van der Waals surface area contributed by atoms with Crippen molar-refractivity contribution in [2.24, 2.45) is 5.92 Å². The summed E-state index contributed by atoms with van der Waals surface area (Å²) in [7, 11) is 0.490. The van der Waals surface area contributed by atoms with Gasteiger partial charge in [0.05, 0.1) is 25.3 Å². The van der Waals surface area contributed by atoms with Gasteiger partial charge in [0.15, 0.2) is 0 Å². The Morgan fingerprint density at radius 3 is 2.64 bits per heavy atom. The third-order valence-electron chi connectivity index (χ3n) is 4.76. The average molecular weight is 414 g/mol. The number of fused-ring (bicyclic) bond motifs is 1. The first-order valence-electron chi connectivity index (χ1n) is 9.32. The smallest absolute Gasteiger partial charge is 0.229 e. The van der Waals surface area contributed by atoms with Crippen molar-refractivity contribution < 1.29 is 23.1 Å². The normalized spacial score (nSPS) is 22.0. The summed E-state index contributed by atoms with van der Waals surface area (Å²) < 4.78 is 31.8. The van der Waals surface area contributed by atoms with Crippen molar-refractivity contribution >= 4 is 21.6 Å². The van der Waals surface area contributed by atoms with Crippen molar-refractivity contribution in [1.82, 2.24) is 9.80 Å². The lowest BCUT2D eigenvalue weighted by Crippen LogP contribution is -2.47. The number of nitrogens with zero attached hydrogens (tertiary/aromatic N) is 2. The maximum Gasteiger partial charge on any atom is 0.229 e. The van der Waals surface area contributed by atoms with Gasteiger partial charge < -0.3 is 19.6 Å². The van der Waals surface area contributed by atoms with Crippen LogP contribution in [-0.2, 0) is 21.2 Å². The molecular weight excluding hydrogens is 382 g/mol. The molecule has 0 aliphatic carbocycles. The highest BCUT2D eigenvalue weighted by atomic mass is 32.2. The Morgan fingerprint density at radius 1 is 1.39 bits per heavy atom. The molecule has 0 saturated heterocycles. The highest BCUT2D eigenvalue weighted by Gasteiger charge is 2.30. The van der Waals surface area contributed by atoms with Crippen LogP contribution in [0.5, 0.6) is 5.75 Å². The van der Waals surface area contributed by atoms with Crippen molar-refractivity contribution in [2.45, 2.75) is 32.4 Å². The van der Waals surface area contributed by atoms with E-state index in [1.54, 1.807) is 23.1 Å². The molecule has 8 nitrogen and oxygen atoms in total. The molecule has 0 unspecified atom stereocenters. The Balaban J connectivity index is 2.46. The number of rotatable bonds is 6. The minimum absolute atomic E-state index is 0.0418. The van der Waals surface area contributed by atoms with Crippen LogP contribution in [0.4, 0.5) is 5.69 Å². The van der Waals surface area contributed by atoms with E-state index in [9.17, 15) is 18.3 Å². The van der Waals surface area contributed by atoms with Crippen molar-refractivity contribution in [2.75, 3.05) is 44.8 Å². The van der Waals surface area contributed by atoms with Gasteiger partial charge in [-0.3, -0.25) is 9.52 Å². The molecule has 1 amide bonds. The van der Waals surface area contributed by atoms with Crippen molar-refractivity contribution in [1.29, 1.82) is 0 Å². The van der Waals surface area contributed by atoms with Gasteiger partial charge in [0.25, 0.3) is 0 Å². The maximum absolute atomic E-state index is 13.0. The number of benzene rings is 1. The molecule has 158 valence electrons. The third-order valence-corrected chi connectivity index (χ3v) is 5.37. The summed E-state index contributed by atoms with van der Waals surface area (Å²) in [5.74, 6) is 0.491. The van der Waals surface area contributed by atoms with Gasteiger partial charge in [-0.25, -0.2) is 8.42 Å². The molecule has 28 heavy (non-hydrogen) atoms. The number of hydrogen-bond acceptors (Lipinski definition) is 6. The van der Waals surface area contributed by atoms with Crippen LogP contribution in [0.2, 0.25) is 0 Å². The highest BCUT2D eigenvalue weighted by molar-refractivity contribution is 7.92. The summed E-state index contributed by atoms with van der Waals surface area (Å²) in [6, 6.07) is 4.66. The zero-order valence-corrected chi connectivity index (χ0v) is 18.0. The van der Waals surface area contributed by atoms with E-state index in [1.165, 1.54) is 0 Å². The predicted molar refractivity (Wildman–Crippen MR) is 109 cm³/mol. The molecule has 2 N–H and O–H groups in total. The number of carbonyl (C=O) groups excluding carboxylic acids is 1. The molecule has 1 aliphatic heterocycles. The van der Waals surface area contributed by atoms with E-state index < -0.39 is 10.0 Å². The Bertz CT molecular complexity index is 797. The number of likely N-dealkylation sites (N-methyl/N-ethyl adjacent to an activating group) is 1. The summed E-state index contributed by atoms with van der Waals surface area (Å²) in [6.45, 7) is 4.86. The first kappa shape index (κ1) is 22.4. The van der Waals surface area contributed by atoms with E-state index in [1.807, 2.05) is 32.8 Å². The number of amides is 1. The van der Waals surface area contributed by atoms with Crippen LogP contribution in [0.1, 0.15) is 19.4 Å². The van der Waals surface area contributed by atoms with Gasteiger partial charge in [0.1, 0.15) is 11.9 Å². The largest absolute Gasteiger partial charge is 0.488 e.